The number of ether oxygens (including phenoxy) is 2. The molecule has 5 nitrogen and oxygen atoms in total. The molecule has 2 aromatic rings. The second-order valence-electron chi connectivity index (χ2n) is 7.31. The summed E-state index contributed by atoms with van der Waals surface area (Å²) in [7, 11) is 0. The van der Waals surface area contributed by atoms with Crippen molar-refractivity contribution < 1.29 is 13.9 Å². The smallest absolute Gasteiger partial charge is 0.133 e. The number of hydrogen-bond acceptors (Lipinski definition) is 5. The molecule has 2 saturated heterocycles. The Bertz CT molecular complexity index is 659. The summed E-state index contributed by atoms with van der Waals surface area (Å²) < 4.78 is 17.9. The summed E-state index contributed by atoms with van der Waals surface area (Å²) in [6, 6.07) is 8.22. The molecule has 0 saturated carbocycles. The minimum Gasteiger partial charge on any atom is -0.462 e. The first kappa shape index (κ1) is 17.7. The van der Waals surface area contributed by atoms with E-state index in [1.807, 2.05) is 12.3 Å². The van der Waals surface area contributed by atoms with Crippen molar-refractivity contribution in [1.29, 1.82) is 0 Å². The van der Waals surface area contributed by atoms with Gasteiger partial charge in [-0.25, -0.2) is 0 Å². The quantitative estimate of drug-likeness (QED) is 0.780. The maximum atomic E-state index is 6.05. The van der Waals surface area contributed by atoms with Crippen LogP contribution in [0.4, 0.5) is 0 Å². The van der Waals surface area contributed by atoms with E-state index >= 15 is 0 Å². The number of aromatic nitrogens is 1. The van der Waals surface area contributed by atoms with Gasteiger partial charge in [0.05, 0.1) is 19.3 Å². The van der Waals surface area contributed by atoms with Crippen LogP contribution in [0.2, 0.25) is 0 Å². The predicted octanol–water partition coefficient (Wildman–Crippen LogP) is 4.10. The molecule has 2 fully saturated rings. The molecule has 140 valence electrons. The van der Waals surface area contributed by atoms with Gasteiger partial charge in [-0.3, -0.25) is 9.88 Å². The van der Waals surface area contributed by atoms with Crippen LogP contribution in [0.15, 0.2) is 41.1 Å². The van der Waals surface area contributed by atoms with Gasteiger partial charge in [-0.05, 0) is 55.9 Å². The van der Waals surface area contributed by atoms with Crippen molar-refractivity contribution in [3.05, 3.63) is 53.7 Å². The van der Waals surface area contributed by atoms with E-state index in [1.165, 1.54) is 12.8 Å². The van der Waals surface area contributed by atoms with E-state index in [0.29, 0.717) is 12.7 Å². The van der Waals surface area contributed by atoms with Gasteiger partial charge in [0.15, 0.2) is 0 Å². The van der Waals surface area contributed by atoms with Crippen molar-refractivity contribution in [3.8, 4) is 0 Å². The Hall–Kier alpha value is -1.69. The SMILES string of the molecule is c1cncc(COC2CCN(Cc3ccc(C4CCCCO4)o3)CC2)c1. The lowest BCUT2D eigenvalue weighted by Crippen LogP contribution is -2.36. The van der Waals surface area contributed by atoms with Crippen LogP contribution in [-0.2, 0) is 22.6 Å². The Morgan fingerprint density at radius 3 is 2.81 bits per heavy atom. The molecule has 0 aromatic carbocycles. The molecule has 1 atom stereocenters. The van der Waals surface area contributed by atoms with E-state index in [2.05, 4.69) is 28.1 Å². The van der Waals surface area contributed by atoms with Gasteiger partial charge < -0.3 is 13.9 Å². The van der Waals surface area contributed by atoms with Crippen LogP contribution >= 0.6 is 0 Å². The number of piperidine rings is 1. The molecule has 2 aliphatic rings. The van der Waals surface area contributed by atoms with Crippen molar-refractivity contribution in [3.63, 3.8) is 0 Å². The van der Waals surface area contributed by atoms with E-state index < -0.39 is 0 Å². The van der Waals surface area contributed by atoms with Gasteiger partial charge in [-0.1, -0.05) is 6.07 Å². The second kappa shape index (κ2) is 8.80. The third-order valence-electron chi connectivity index (χ3n) is 5.30. The fraction of sp³-hybridized carbons (Fsp3) is 0.571. The summed E-state index contributed by atoms with van der Waals surface area (Å²) in [6.07, 6.45) is 9.78. The lowest BCUT2D eigenvalue weighted by atomic mass is 10.1. The zero-order chi connectivity index (χ0) is 17.6. The van der Waals surface area contributed by atoms with Crippen LogP contribution in [0.3, 0.4) is 0 Å². The molecular weight excluding hydrogens is 328 g/mol. The summed E-state index contributed by atoms with van der Waals surface area (Å²) in [5.41, 5.74) is 1.14. The van der Waals surface area contributed by atoms with Crippen LogP contribution < -0.4 is 0 Å². The second-order valence-corrected chi connectivity index (χ2v) is 7.31. The number of furan rings is 1. The number of pyridine rings is 1. The van der Waals surface area contributed by atoms with Gasteiger partial charge in [-0.2, -0.15) is 0 Å². The first-order chi connectivity index (χ1) is 12.9. The van der Waals surface area contributed by atoms with Crippen molar-refractivity contribution in [2.24, 2.45) is 0 Å². The molecule has 4 heterocycles. The fourth-order valence-corrected chi connectivity index (χ4v) is 3.77. The van der Waals surface area contributed by atoms with Crippen LogP contribution in [0.5, 0.6) is 0 Å². The Kier molecular flexibility index (Phi) is 5.99. The molecule has 0 amide bonds. The van der Waals surface area contributed by atoms with Crippen molar-refractivity contribution in [2.45, 2.75) is 57.5 Å². The topological polar surface area (TPSA) is 47.7 Å². The highest BCUT2D eigenvalue weighted by molar-refractivity contribution is 5.10. The Morgan fingerprint density at radius 2 is 2.04 bits per heavy atom. The maximum absolute atomic E-state index is 6.05. The van der Waals surface area contributed by atoms with E-state index in [9.17, 15) is 0 Å². The molecular formula is C21H28N2O3. The van der Waals surface area contributed by atoms with Gasteiger partial charge >= 0.3 is 0 Å². The predicted molar refractivity (Wildman–Crippen MR) is 98.6 cm³/mol. The minimum absolute atomic E-state index is 0.157. The largest absolute Gasteiger partial charge is 0.462 e. The molecule has 0 N–H and O–H groups in total. The standard InChI is InChI=1S/C21H28N2O3/c1-2-13-24-20(5-1)21-7-6-19(26-21)15-23-11-8-18(9-12-23)25-16-17-4-3-10-22-14-17/h3-4,6-7,10,14,18,20H,1-2,5,8-9,11-13,15-16H2. The maximum Gasteiger partial charge on any atom is 0.133 e. The van der Waals surface area contributed by atoms with Gasteiger partial charge in [-0.15, -0.1) is 0 Å². The molecule has 0 radical (unpaired) electrons. The van der Waals surface area contributed by atoms with Gasteiger partial charge in [0.25, 0.3) is 0 Å². The first-order valence-corrected chi connectivity index (χ1v) is 9.80. The highest BCUT2D eigenvalue weighted by Gasteiger charge is 2.22. The Morgan fingerprint density at radius 1 is 1.12 bits per heavy atom. The zero-order valence-corrected chi connectivity index (χ0v) is 15.3. The normalized spacial score (nSPS) is 22.5. The molecule has 0 aliphatic carbocycles. The molecule has 0 spiro atoms. The van der Waals surface area contributed by atoms with E-state index in [0.717, 1.165) is 62.6 Å². The van der Waals surface area contributed by atoms with E-state index in [4.69, 9.17) is 13.9 Å². The molecule has 1 unspecified atom stereocenters. The van der Waals surface area contributed by atoms with Crippen molar-refractivity contribution in [1.82, 2.24) is 9.88 Å². The molecule has 26 heavy (non-hydrogen) atoms. The lowest BCUT2D eigenvalue weighted by Gasteiger charge is -2.31. The Balaban J connectivity index is 1.21. The van der Waals surface area contributed by atoms with E-state index in [-0.39, 0.29) is 6.10 Å². The monoisotopic (exact) mass is 356 g/mol. The number of hydrogen-bond donors (Lipinski definition) is 0. The zero-order valence-electron chi connectivity index (χ0n) is 15.3. The fourth-order valence-electron chi connectivity index (χ4n) is 3.77. The third-order valence-corrected chi connectivity index (χ3v) is 5.30. The molecule has 0 bridgehead atoms. The highest BCUT2D eigenvalue weighted by atomic mass is 16.5. The van der Waals surface area contributed by atoms with Gasteiger partial charge in [0.1, 0.15) is 17.6 Å². The van der Waals surface area contributed by atoms with Crippen LogP contribution in [0, 0.1) is 0 Å². The number of nitrogens with zero attached hydrogens (tertiary/aromatic N) is 2. The van der Waals surface area contributed by atoms with Crippen LogP contribution in [0.1, 0.15) is 55.3 Å². The summed E-state index contributed by atoms with van der Waals surface area (Å²) >= 11 is 0. The molecule has 2 aromatic heterocycles. The average molecular weight is 356 g/mol. The molecule has 4 rings (SSSR count). The third kappa shape index (κ3) is 4.72. The number of likely N-dealkylation sites (tertiary alicyclic amines) is 1. The van der Waals surface area contributed by atoms with E-state index in [1.54, 1.807) is 6.20 Å². The number of rotatable bonds is 6. The Labute approximate surface area is 155 Å². The minimum atomic E-state index is 0.157. The summed E-state index contributed by atoms with van der Waals surface area (Å²) in [5.74, 6) is 2.04. The van der Waals surface area contributed by atoms with Gasteiger partial charge in [0.2, 0.25) is 0 Å². The first-order valence-electron chi connectivity index (χ1n) is 9.80. The van der Waals surface area contributed by atoms with Crippen molar-refractivity contribution >= 4 is 0 Å². The van der Waals surface area contributed by atoms with Crippen molar-refractivity contribution in [2.75, 3.05) is 19.7 Å². The highest BCUT2D eigenvalue weighted by Crippen LogP contribution is 2.29. The average Bonchev–Trinajstić information content (AvgIpc) is 3.17. The summed E-state index contributed by atoms with van der Waals surface area (Å²) in [4.78, 5) is 6.59. The summed E-state index contributed by atoms with van der Waals surface area (Å²) in [5, 5.41) is 0. The van der Waals surface area contributed by atoms with Crippen LogP contribution in [-0.4, -0.2) is 35.7 Å². The summed E-state index contributed by atoms with van der Waals surface area (Å²) in [6.45, 7) is 4.48. The molecule has 5 heteroatoms. The lowest BCUT2D eigenvalue weighted by molar-refractivity contribution is -0.00744. The van der Waals surface area contributed by atoms with Gasteiger partial charge in [0, 0.05) is 32.1 Å². The molecule has 2 aliphatic heterocycles. The van der Waals surface area contributed by atoms with Crippen LogP contribution in [0.25, 0.3) is 0 Å².